The molecule has 6 nitrogen and oxygen atoms in total. The summed E-state index contributed by atoms with van der Waals surface area (Å²) >= 11 is 0. The SMILES string of the molecule is COC(=O)C(C)(O)CNCCc1ccc(OC)c(OC)c1. The minimum atomic E-state index is -1.52. The number of carbonyl (C=O) groups is 1. The smallest absolute Gasteiger partial charge is 0.338 e. The minimum Gasteiger partial charge on any atom is -0.493 e. The zero-order valence-electron chi connectivity index (χ0n) is 12.9. The number of hydrogen-bond donors (Lipinski definition) is 2. The Morgan fingerprint density at radius 3 is 2.48 bits per heavy atom. The zero-order chi connectivity index (χ0) is 15.9. The zero-order valence-corrected chi connectivity index (χ0v) is 12.9. The molecule has 0 aliphatic heterocycles. The van der Waals surface area contributed by atoms with E-state index < -0.39 is 11.6 Å². The van der Waals surface area contributed by atoms with E-state index in [1.54, 1.807) is 14.2 Å². The second-order valence-corrected chi connectivity index (χ2v) is 4.88. The standard InChI is InChI=1S/C15H23NO5/c1-15(18,14(17)21-4)10-16-8-7-11-5-6-12(19-2)13(9-11)20-3/h5-6,9,16,18H,7-8,10H2,1-4H3. The molecule has 1 rings (SSSR count). The molecule has 0 spiro atoms. The second kappa shape index (κ2) is 7.85. The van der Waals surface area contributed by atoms with Crippen molar-refractivity contribution in [3.8, 4) is 11.5 Å². The molecule has 0 aliphatic carbocycles. The van der Waals surface area contributed by atoms with Crippen LogP contribution in [0.3, 0.4) is 0 Å². The molecule has 1 aromatic carbocycles. The largest absolute Gasteiger partial charge is 0.493 e. The Morgan fingerprint density at radius 1 is 1.24 bits per heavy atom. The first kappa shape index (κ1) is 17.3. The monoisotopic (exact) mass is 297 g/mol. The third kappa shape index (κ3) is 4.91. The highest BCUT2D eigenvalue weighted by Gasteiger charge is 2.30. The van der Waals surface area contributed by atoms with Crippen molar-refractivity contribution in [3.63, 3.8) is 0 Å². The third-order valence-electron chi connectivity index (χ3n) is 3.13. The van der Waals surface area contributed by atoms with E-state index in [2.05, 4.69) is 10.1 Å². The van der Waals surface area contributed by atoms with Gasteiger partial charge in [0.1, 0.15) is 0 Å². The maximum Gasteiger partial charge on any atom is 0.338 e. The number of ether oxygens (including phenoxy) is 3. The van der Waals surface area contributed by atoms with Gasteiger partial charge in [0.25, 0.3) is 0 Å². The van der Waals surface area contributed by atoms with Crippen LogP contribution in [-0.4, -0.2) is 51.1 Å². The predicted molar refractivity (Wildman–Crippen MR) is 78.8 cm³/mol. The highest BCUT2D eigenvalue weighted by molar-refractivity contribution is 5.78. The first-order valence-electron chi connectivity index (χ1n) is 6.67. The Kier molecular flexibility index (Phi) is 6.45. The average Bonchev–Trinajstić information content (AvgIpc) is 2.50. The number of aliphatic hydroxyl groups is 1. The molecule has 0 amide bonds. The van der Waals surface area contributed by atoms with Crippen LogP contribution in [0.15, 0.2) is 18.2 Å². The van der Waals surface area contributed by atoms with Crippen molar-refractivity contribution < 1.29 is 24.1 Å². The van der Waals surface area contributed by atoms with E-state index in [1.165, 1.54) is 14.0 Å². The molecule has 1 atom stereocenters. The van der Waals surface area contributed by atoms with Crippen LogP contribution < -0.4 is 14.8 Å². The van der Waals surface area contributed by atoms with E-state index in [-0.39, 0.29) is 6.54 Å². The molecule has 0 bridgehead atoms. The summed E-state index contributed by atoms with van der Waals surface area (Å²) < 4.78 is 14.9. The maximum absolute atomic E-state index is 11.3. The van der Waals surface area contributed by atoms with Crippen LogP contribution in [0.2, 0.25) is 0 Å². The molecule has 6 heteroatoms. The lowest BCUT2D eigenvalue weighted by Gasteiger charge is -2.20. The molecule has 0 aliphatic rings. The number of esters is 1. The first-order valence-corrected chi connectivity index (χ1v) is 6.67. The van der Waals surface area contributed by atoms with Crippen molar-refractivity contribution in [2.75, 3.05) is 34.4 Å². The molecule has 0 aromatic heterocycles. The van der Waals surface area contributed by atoms with Gasteiger partial charge in [-0.3, -0.25) is 0 Å². The molecule has 21 heavy (non-hydrogen) atoms. The van der Waals surface area contributed by atoms with Crippen LogP contribution in [0.1, 0.15) is 12.5 Å². The van der Waals surface area contributed by atoms with Crippen LogP contribution in [-0.2, 0) is 16.0 Å². The number of rotatable bonds is 8. The Labute approximate surface area is 125 Å². The number of methoxy groups -OCH3 is 3. The summed E-state index contributed by atoms with van der Waals surface area (Å²) in [6.07, 6.45) is 0.734. The van der Waals surface area contributed by atoms with E-state index in [0.29, 0.717) is 18.0 Å². The van der Waals surface area contributed by atoms with Crippen molar-refractivity contribution in [2.24, 2.45) is 0 Å². The molecule has 0 saturated heterocycles. The van der Waals surface area contributed by atoms with Gasteiger partial charge in [-0.25, -0.2) is 4.79 Å². The second-order valence-electron chi connectivity index (χ2n) is 4.88. The molecule has 1 aromatic rings. The van der Waals surface area contributed by atoms with E-state index in [1.807, 2.05) is 18.2 Å². The maximum atomic E-state index is 11.3. The molecule has 0 radical (unpaired) electrons. The number of hydrogen-bond acceptors (Lipinski definition) is 6. The Bertz CT molecular complexity index is 473. The number of nitrogens with one attached hydrogen (secondary N) is 1. The van der Waals surface area contributed by atoms with Gasteiger partial charge < -0.3 is 24.6 Å². The Balaban J connectivity index is 2.48. The molecule has 118 valence electrons. The predicted octanol–water partition coefficient (Wildman–Crippen LogP) is 0.760. The van der Waals surface area contributed by atoms with Gasteiger partial charge in [0.05, 0.1) is 21.3 Å². The fourth-order valence-electron chi connectivity index (χ4n) is 1.89. The lowest BCUT2D eigenvalue weighted by atomic mass is 10.1. The van der Waals surface area contributed by atoms with Crippen LogP contribution in [0.25, 0.3) is 0 Å². The highest BCUT2D eigenvalue weighted by atomic mass is 16.5. The van der Waals surface area contributed by atoms with Gasteiger partial charge in [-0.05, 0) is 37.6 Å². The molecular formula is C15H23NO5. The quantitative estimate of drug-likeness (QED) is 0.545. The summed E-state index contributed by atoms with van der Waals surface area (Å²) in [7, 11) is 4.43. The summed E-state index contributed by atoms with van der Waals surface area (Å²) in [4.78, 5) is 11.3. The van der Waals surface area contributed by atoms with Crippen molar-refractivity contribution >= 4 is 5.97 Å². The fraction of sp³-hybridized carbons (Fsp3) is 0.533. The van der Waals surface area contributed by atoms with Crippen LogP contribution in [0.4, 0.5) is 0 Å². The lowest BCUT2D eigenvalue weighted by Crippen LogP contribution is -2.46. The average molecular weight is 297 g/mol. The van der Waals surface area contributed by atoms with Crippen LogP contribution in [0, 0.1) is 0 Å². The van der Waals surface area contributed by atoms with Crippen molar-refractivity contribution in [3.05, 3.63) is 23.8 Å². The third-order valence-corrected chi connectivity index (χ3v) is 3.13. The fourth-order valence-corrected chi connectivity index (χ4v) is 1.89. The molecule has 1 unspecified atom stereocenters. The molecular weight excluding hydrogens is 274 g/mol. The first-order chi connectivity index (χ1) is 9.94. The van der Waals surface area contributed by atoms with Crippen LogP contribution >= 0.6 is 0 Å². The van der Waals surface area contributed by atoms with E-state index in [9.17, 15) is 9.90 Å². The Morgan fingerprint density at radius 2 is 1.90 bits per heavy atom. The highest BCUT2D eigenvalue weighted by Crippen LogP contribution is 2.27. The molecule has 2 N–H and O–H groups in total. The van der Waals surface area contributed by atoms with Gasteiger partial charge in [-0.2, -0.15) is 0 Å². The van der Waals surface area contributed by atoms with Gasteiger partial charge >= 0.3 is 5.97 Å². The van der Waals surface area contributed by atoms with Gasteiger partial charge in [-0.1, -0.05) is 6.07 Å². The van der Waals surface area contributed by atoms with Gasteiger partial charge in [0.15, 0.2) is 17.1 Å². The summed E-state index contributed by atoms with van der Waals surface area (Å²) in [5.41, 5.74) is -0.454. The van der Waals surface area contributed by atoms with E-state index in [4.69, 9.17) is 9.47 Å². The molecule has 0 heterocycles. The molecule has 0 saturated carbocycles. The number of benzene rings is 1. The lowest BCUT2D eigenvalue weighted by molar-refractivity contribution is -0.159. The summed E-state index contributed by atoms with van der Waals surface area (Å²) in [6.45, 7) is 2.16. The Hall–Kier alpha value is -1.79. The van der Waals surface area contributed by atoms with Crippen LogP contribution in [0.5, 0.6) is 11.5 Å². The van der Waals surface area contributed by atoms with Crippen molar-refractivity contribution in [2.45, 2.75) is 18.9 Å². The summed E-state index contributed by atoms with van der Waals surface area (Å²) in [5, 5.41) is 12.9. The minimum absolute atomic E-state index is 0.132. The van der Waals surface area contributed by atoms with E-state index >= 15 is 0 Å². The normalized spacial score (nSPS) is 13.4. The van der Waals surface area contributed by atoms with Crippen molar-refractivity contribution in [1.29, 1.82) is 0 Å². The number of carbonyl (C=O) groups excluding carboxylic acids is 1. The van der Waals surface area contributed by atoms with E-state index in [0.717, 1.165) is 12.0 Å². The van der Waals surface area contributed by atoms with Gasteiger partial charge in [0.2, 0.25) is 0 Å². The topological polar surface area (TPSA) is 77.0 Å². The summed E-state index contributed by atoms with van der Waals surface area (Å²) in [6, 6.07) is 5.69. The van der Waals surface area contributed by atoms with Gasteiger partial charge in [-0.15, -0.1) is 0 Å². The van der Waals surface area contributed by atoms with Gasteiger partial charge in [0, 0.05) is 6.54 Å². The molecule has 0 fully saturated rings. The summed E-state index contributed by atoms with van der Waals surface area (Å²) in [5.74, 6) is 0.709. The van der Waals surface area contributed by atoms with Crippen molar-refractivity contribution in [1.82, 2.24) is 5.32 Å².